The molecular formula is C13H19NO5S. The molecule has 1 aromatic carbocycles. The summed E-state index contributed by atoms with van der Waals surface area (Å²) in [4.78, 5) is 11.4. The number of carbonyl (C=O) groups excluding carboxylic acids is 1. The summed E-state index contributed by atoms with van der Waals surface area (Å²) in [7, 11) is -3.44. The SMILES string of the molecule is CCOCCS(=O)(=O)Nc1ccc(C(=O)OCC)cc1. The average molecular weight is 301 g/mol. The van der Waals surface area contributed by atoms with Gasteiger partial charge in [0.05, 0.1) is 24.5 Å². The largest absolute Gasteiger partial charge is 0.462 e. The number of sulfonamides is 1. The summed E-state index contributed by atoms with van der Waals surface area (Å²) >= 11 is 0. The maximum absolute atomic E-state index is 11.7. The molecule has 0 atom stereocenters. The first kappa shape index (κ1) is 16.5. The van der Waals surface area contributed by atoms with E-state index in [2.05, 4.69) is 4.72 Å². The second kappa shape index (κ2) is 7.86. The van der Waals surface area contributed by atoms with E-state index in [4.69, 9.17) is 9.47 Å². The van der Waals surface area contributed by atoms with Gasteiger partial charge in [0.15, 0.2) is 0 Å². The molecule has 0 unspecified atom stereocenters. The van der Waals surface area contributed by atoms with Crippen LogP contribution in [0.4, 0.5) is 5.69 Å². The van der Waals surface area contributed by atoms with Gasteiger partial charge in [-0.3, -0.25) is 4.72 Å². The van der Waals surface area contributed by atoms with Crippen molar-refractivity contribution in [1.29, 1.82) is 0 Å². The highest BCUT2D eigenvalue weighted by atomic mass is 32.2. The Bertz CT molecular complexity index is 524. The molecule has 112 valence electrons. The standard InChI is InChI=1S/C13H19NO5S/c1-3-18-9-10-20(16,17)14-12-7-5-11(6-8-12)13(15)19-4-2/h5-8,14H,3-4,9-10H2,1-2H3. The molecule has 0 radical (unpaired) electrons. The van der Waals surface area contributed by atoms with E-state index in [-0.39, 0.29) is 12.4 Å². The highest BCUT2D eigenvalue weighted by Gasteiger charge is 2.11. The molecule has 1 N–H and O–H groups in total. The van der Waals surface area contributed by atoms with E-state index in [0.29, 0.717) is 24.5 Å². The number of hydrogen-bond acceptors (Lipinski definition) is 5. The number of hydrogen-bond donors (Lipinski definition) is 1. The van der Waals surface area contributed by atoms with Crippen LogP contribution >= 0.6 is 0 Å². The molecule has 0 fully saturated rings. The van der Waals surface area contributed by atoms with Crippen molar-refractivity contribution < 1.29 is 22.7 Å². The van der Waals surface area contributed by atoms with Crippen molar-refractivity contribution in [3.05, 3.63) is 29.8 Å². The first-order valence-electron chi connectivity index (χ1n) is 6.34. The average Bonchev–Trinajstić information content (AvgIpc) is 2.39. The topological polar surface area (TPSA) is 81.7 Å². The van der Waals surface area contributed by atoms with Gasteiger partial charge in [0.2, 0.25) is 10.0 Å². The monoisotopic (exact) mass is 301 g/mol. The van der Waals surface area contributed by atoms with Crippen LogP contribution in [0.1, 0.15) is 24.2 Å². The predicted molar refractivity (Wildman–Crippen MR) is 76.3 cm³/mol. The normalized spacial score (nSPS) is 11.1. The number of anilines is 1. The fourth-order valence-electron chi connectivity index (χ4n) is 1.43. The Morgan fingerprint density at radius 3 is 2.35 bits per heavy atom. The van der Waals surface area contributed by atoms with Gasteiger partial charge in [0.1, 0.15) is 0 Å². The third-order valence-corrected chi connectivity index (χ3v) is 3.62. The van der Waals surface area contributed by atoms with Gasteiger partial charge in [-0.25, -0.2) is 13.2 Å². The Labute approximate surface area is 119 Å². The third kappa shape index (κ3) is 5.58. The molecule has 0 amide bonds. The highest BCUT2D eigenvalue weighted by molar-refractivity contribution is 7.92. The van der Waals surface area contributed by atoms with Crippen molar-refractivity contribution in [2.75, 3.05) is 30.3 Å². The minimum Gasteiger partial charge on any atom is -0.462 e. The molecule has 7 heteroatoms. The molecule has 0 aliphatic rings. The summed E-state index contributed by atoms with van der Waals surface area (Å²) in [6, 6.07) is 6.06. The molecule has 0 spiro atoms. The molecule has 0 saturated heterocycles. The molecule has 6 nitrogen and oxygen atoms in total. The van der Waals surface area contributed by atoms with Crippen LogP contribution in [0.2, 0.25) is 0 Å². The molecule has 1 rings (SSSR count). The van der Waals surface area contributed by atoms with Gasteiger partial charge >= 0.3 is 5.97 Å². The van der Waals surface area contributed by atoms with Crippen molar-refractivity contribution in [3.8, 4) is 0 Å². The van der Waals surface area contributed by atoms with Crippen LogP contribution in [0, 0.1) is 0 Å². The molecule has 0 aliphatic carbocycles. The third-order valence-electron chi connectivity index (χ3n) is 2.37. The second-order valence-electron chi connectivity index (χ2n) is 3.92. The minimum atomic E-state index is -3.44. The summed E-state index contributed by atoms with van der Waals surface area (Å²) in [5, 5.41) is 0. The van der Waals surface area contributed by atoms with E-state index in [9.17, 15) is 13.2 Å². The number of ether oxygens (including phenoxy) is 2. The van der Waals surface area contributed by atoms with Crippen LogP contribution in [0.15, 0.2) is 24.3 Å². The van der Waals surface area contributed by atoms with Gasteiger partial charge < -0.3 is 9.47 Å². The van der Waals surface area contributed by atoms with Crippen molar-refractivity contribution >= 4 is 21.7 Å². The summed E-state index contributed by atoms with van der Waals surface area (Å²) in [5.74, 6) is -0.543. The molecule has 0 aliphatic heterocycles. The van der Waals surface area contributed by atoms with Gasteiger partial charge in [-0.1, -0.05) is 0 Å². The Kier molecular flexibility index (Phi) is 6.47. The van der Waals surface area contributed by atoms with Crippen LogP contribution in [-0.2, 0) is 19.5 Å². The van der Waals surface area contributed by atoms with Crippen molar-refractivity contribution in [2.24, 2.45) is 0 Å². The van der Waals surface area contributed by atoms with E-state index in [1.807, 2.05) is 0 Å². The lowest BCUT2D eigenvalue weighted by molar-refractivity contribution is 0.0526. The molecule has 0 aromatic heterocycles. The minimum absolute atomic E-state index is 0.111. The summed E-state index contributed by atoms with van der Waals surface area (Å²) in [6.07, 6.45) is 0. The zero-order valence-electron chi connectivity index (χ0n) is 11.6. The van der Waals surface area contributed by atoms with E-state index >= 15 is 0 Å². The van der Waals surface area contributed by atoms with Crippen LogP contribution in [-0.4, -0.2) is 40.0 Å². The number of carbonyl (C=O) groups is 1. The van der Waals surface area contributed by atoms with Crippen molar-refractivity contribution in [3.63, 3.8) is 0 Å². The lowest BCUT2D eigenvalue weighted by Crippen LogP contribution is -2.20. The first-order valence-corrected chi connectivity index (χ1v) is 7.99. The molecule has 1 aromatic rings. The summed E-state index contributed by atoms with van der Waals surface area (Å²) in [6.45, 7) is 4.44. The first-order chi connectivity index (χ1) is 9.48. The summed E-state index contributed by atoms with van der Waals surface area (Å²) < 4.78 is 35.7. The molecule has 20 heavy (non-hydrogen) atoms. The Hall–Kier alpha value is -1.60. The lowest BCUT2D eigenvalue weighted by atomic mass is 10.2. The van der Waals surface area contributed by atoms with Crippen molar-refractivity contribution in [2.45, 2.75) is 13.8 Å². The zero-order chi connectivity index (χ0) is 15.0. The van der Waals surface area contributed by atoms with E-state index < -0.39 is 16.0 Å². The van der Waals surface area contributed by atoms with E-state index in [0.717, 1.165) is 0 Å². The van der Waals surface area contributed by atoms with E-state index in [1.54, 1.807) is 13.8 Å². The number of benzene rings is 1. The Morgan fingerprint density at radius 1 is 1.15 bits per heavy atom. The molecular weight excluding hydrogens is 282 g/mol. The van der Waals surface area contributed by atoms with Crippen LogP contribution < -0.4 is 4.72 Å². The Balaban J connectivity index is 2.63. The maximum Gasteiger partial charge on any atom is 0.338 e. The quantitative estimate of drug-likeness (QED) is 0.583. The number of esters is 1. The lowest BCUT2D eigenvalue weighted by Gasteiger charge is -2.08. The van der Waals surface area contributed by atoms with Gasteiger partial charge in [-0.05, 0) is 38.1 Å². The van der Waals surface area contributed by atoms with Crippen LogP contribution in [0.5, 0.6) is 0 Å². The molecule has 0 heterocycles. The number of rotatable bonds is 8. The molecule has 0 saturated carbocycles. The smallest absolute Gasteiger partial charge is 0.338 e. The van der Waals surface area contributed by atoms with Gasteiger partial charge in [0.25, 0.3) is 0 Å². The van der Waals surface area contributed by atoms with Crippen LogP contribution in [0.3, 0.4) is 0 Å². The summed E-state index contributed by atoms with van der Waals surface area (Å²) in [5.41, 5.74) is 0.777. The highest BCUT2D eigenvalue weighted by Crippen LogP contribution is 2.12. The van der Waals surface area contributed by atoms with Gasteiger partial charge in [0, 0.05) is 12.3 Å². The fraction of sp³-hybridized carbons (Fsp3) is 0.462. The molecule has 0 bridgehead atoms. The van der Waals surface area contributed by atoms with Gasteiger partial charge in [-0.15, -0.1) is 0 Å². The predicted octanol–water partition coefficient (Wildman–Crippen LogP) is 1.64. The number of nitrogens with one attached hydrogen (secondary N) is 1. The maximum atomic E-state index is 11.7. The fourth-order valence-corrected chi connectivity index (χ4v) is 2.37. The van der Waals surface area contributed by atoms with Crippen molar-refractivity contribution in [1.82, 2.24) is 0 Å². The van der Waals surface area contributed by atoms with Crippen LogP contribution in [0.25, 0.3) is 0 Å². The zero-order valence-corrected chi connectivity index (χ0v) is 12.4. The van der Waals surface area contributed by atoms with Gasteiger partial charge in [-0.2, -0.15) is 0 Å². The second-order valence-corrected chi connectivity index (χ2v) is 5.76. The van der Waals surface area contributed by atoms with E-state index in [1.165, 1.54) is 24.3 Å². The Morgan fingerprint density at radius 2 is 1.80 bits per heavy atom.